The van der Waals surface area contributed by atoms with E-state index in [4.69, 9.17) is 4.74 Å². The predicted molar refractivity (Wildman–Crippen MR) is 102 cm³/mol. The minimum Gasteiger partial charge on any atom is -0.367 e. The zero-order valence-corrected chi connectivity index (χ0v) is 15.8. The summed E-state index contributed by atoms with van der Waals surface area (Å²) >= 11 is 1.72. The van der Waals surface area contributed by atoms with Crippen molar-refractivity contribution in [3.05, 3.63) is 34.8 Å². The third-order valence-electron chi connectivity index (χ3n) is 5.12. The van der Waals surface area contributed by atoms with E-state index in [9.17, 15) is 0 Å². The van der Waals surface area contributed by atoms with Crippen LogP contribution in [0.15, 0.2) is 29.2 Å². The van der Waals surface area contributed by atoms with Crippen LogP contribution in [0.25, 0.3) is 0 Å². The van der Waals surface area contributed by atoms with E-state index in [-0.39, 0.29) is 12.2 Å². The molecule has 2 fully saturated rings. The third kappa shape index (κ3) is 3.80. The first kappa shape index (κ1) is 16.8. The normalized spacial score (nSPS) is 27.5. The molecule has 0 amide bonds. The smallest absolute Gasteiger partial charge is 0.134 e. The van der Waals surface area contributed by atoms with E-state index in [0.717, 1.165) is 43.7 Å². The summed E-state index contributed by atoms with van der Waals surface area (Å²) in [7, 11) is 0. The standard InChI is InChI=1S/C19H26N4OS/c1-14-4-3-6-22(9-14)18-8-19(21-13-20-18)23-10-15(2)24-17(11-23)16-5-7-25-12-16/h5,7-8,12-15,17H,3-4,6,9-11H2,1-2H3. The van der Waals surface area contributed by atoms with Crippen LogP contribution in [0.2, 0.25) is 0 Å². The number of thiophene rings is 1. The molecule has 0 spiro atoms. The molecule has 2 aliphatic rings. The Morgan fingerprint density at radius 1 is 1.12 bits per heavy atom. The molecule has 0 radical (unpaired) electrons. The molecule has 3 atom stereocenters. The first-order valence-corrected chi connectivity index (χ1v) is 10.1. The molecular formula is C19H26N4OS. The van der Waals surface area contributed by atoms with Crippen molar-refractivity contribution in [1.29, 1.82) is 0 Å². The Labute approximate surface area is 153 Å². The van der Waals surface area contributed by atoms with Gasteiger partial charge in [-0.15, -0.1) is 0 Å². The average molecular weight is 359 g/mol. The molecule has 2 aromatic rings. The van der Waals surface area contributed by atoms with Crippen LogP contribution in [-0.2, 0) is 4.74 Å². The molecule has 2 aliphatic heterocycles. The van der Waals surface area contributed by atoms with Gasteiger partial charge in [0.15, 0.2) is 0 Å². The van der Waals surface area contributed by atoms with Gasteiger partial charge in [-0.05, 0) is 48.1 Å². The molecule has 2 aromatic heterocycles. The number of hydrogen-bond donors (Lipinski definition) is 0. The topological polar surface area (TPSA) is 41.5 Å². The van der Waals surface area contributed by atoms with E-state index < -0.39 is 0 Å². The largest absolute Gasteiger partial charge is 0.367 e. The lowest BCUT2D eigenvalue weighted by Crippen LogP contribution is -2.43. The number of morpholine rings is 1. The molecule has 0 saturated carbocycles. The summed E-state index contributed by atoms with van der Waals surface area (Å²) in [6, 6.07) is 4.31. The summed E-state index contributed by atoms with van der Waals surface area (Å²) in [5, 5.41) is 4.30. The molecule has 2 saturated heterocycles. The Morgan fingerprint density at radius 2 is 1.96 bits per heavy atom. The molecule has 4 rings (SSSR count). The number of anilines is 2. The van der Waals surface area contributed by atoms with Crippen LogP contribution in [0.3, 0.4) is 0 Å². The van der Waals surface area contributed by atoms with Gasteiger partial charge in [0.2, 0.25) is 0 Å². The summed E-state index contributed by atoms with van der Waals surface area (Å²) in [6.07, 6.45) is 4.58. The minimum atomic E-state index is 0.114. The first-order valence-electron chi connectivity index (χ1n) is 9.18. The van der Waals surface area contributed by atoms with Crippen LogP contribution in [0.1, 0.15) is 38.4 Å². The maximum atomic E-state index is 6.15. The zero-order chi connectivity index (χ0) is 17.2. The fourth-order valence-electron chi connectivity index (χ4n) is 3.86. The fourth-order valence-corrected chi connectivity index (χ4v) is 4.56. The van der Waals surface area contributed by atoms with Crippen molar-refractivity contribution in [3.63, 3.8) is 0 Å². The summed E-state index contributed by atoms with van der Waals surface area (Å²) in [6.45, 7) is 8.36. The van der Waals surface area contributed by atoms with Gasteiger partial charge in [-0.25, -0.2) is 9.97 Å². The summed E-state index contributed by atoms with van der Waals surface area (Å²) < 4.78 is 6.15. The fraction of sp³-hybridized carbons (Fsp3) is 0.579. The lowest BCUT2D eigenvalue weighted by molar-refractivity contribution is -0.0174. The highest BCUT2D eigenvalue weighted by atomic mass is 32.1. The van der Waals surface area contributed by atoms with Gasteiger partial charge in [-0.3, -0.25) is 0 Å². The maximum Gasteiger partial charge on any atom is 0.134 e. The molecule has 6 heteroatoms. The minimum absolute atomic E-state index is 0.114. The second-order valence-electron chi connectivity index (χ2n) is 7.32. The Morgan fingerprint density at radius 3 is 2.72 bits per heavy atom. The number of ether oxygens (including phenoxy) is 1. The van der Waals surface area contributed by atoms with Crippen molar-refractivity contribution < 1.29 is 4.74 Å². The van der Waals surface area contributed by atoms with E-state index in [0.29, 0.717) is 0 Å². The summed E-state index contributed by atoms with van der Waals surface area (Å²) in [5.74, 6) is 2.81. The SMILES string of the molecule is CC1CCCN(c2cc(N3CC(C)OC(c4ccsc4)C3)ncn2)C1. The Balaban J connectivity index is 1.53. The van der Waals surface area contributed by atoms with E-state index in [2.05, 4.69) is 56.5 Å². The van der Waals surface area contributed by atoms with Crippen molar-refractivity contribution in [3.8, 4) is 0 Å². The van der Waals surface area contributed by atoms with Crippen LogP contribution in [0.4, 0.5) is 11.6 Å². The molecule has 0 N–H and O–H groups in total. The molecule has 134 valence electrons. The highest BCUT2D eigenvalue weighted by molar-refractivity contribution is 7.07. The molecule has 0 aliphatic carbocycles. The van der Waals surface area contributed by atoms with Crippen molar-refractivity contribution in [2.45, 2.75) is 38.9 Å². The second-order valence-corrected chi connectivity index (χ2v) is 8.10. The van der Waals surface area contributed by atoms with Crippen molar-refractivity contribution in [2.75, 3.05) is 36.0 Å². The number of rotatable bonds is 3. The molecular weight excluding hydrogens is 332 g/mol. The summed E-state index contributed by atoms with van der Waals surface area (Å²) in [5.41, 5.74) is 1.26. The second kappa shape index (κ2) is 7.30. The average Bonchev–Trinajstić information content (AvgIpc) is 3.16. The monoisotopic (exact) mass is 358 g/mol. The van der Waals surface area contributed by atoms with Crippen LogP contribution < -0.4 is 9.80 Å². The first-order chi connectivity index (χ1) is 12.2. The molecule has 0 bridgehead atoms. The van der Waals surface area contributed by atoms with Gasteiger partial charge in [0, 0.05) is 32.2 Å². The van der Waals surface area contributed by atoms with Crippen LogP contribution in [-0.4, -0.2) is 42.3 Å². The summed E-state index contributed by atoms with van der Waals surface area (Å²) in [4.78, 5) is 13.8. The Bertz CT molecular complexity index is 692. The van der Waals surface area contributed by atoms with Crippen LogP contribution in [0, 0.1) is 5.92 Å². The molecule has 5 nitrogen and oxygen atoms in total. The van der Waals surface area contributed by atoms with Gasteiger partial charge >= 0.3 is 0 Å². The molecule has 4 heterocycles. The van der Waals surface area contributed by atoms with Crippen LogP contribution >= 0.6 is 11.3 Å². The highest BCUT2D eigenvalue weighted by Gasteiger charge is 2.28. The van der Waals surface area contributed by atoms with E-state index in [1.54, 1.807) is 17.7 Å². The van der Waals surface area contributed by atoms with Crippen molar-refractivity contribution in [1.82, 2.24) is 9.97 Å². The predicted octanol–water partition coefficient (Wildman–Crippen LogP) is 3.74. The van der Waals surface area contributed by atoms with Gasteiger partial charge < -0.3 is 14.5 Å². The van der Waals surface area contributed by atoms with E-state index >= 15 is 0 Å². The lowest BCUT2D eigenvalue weighted by atomic mass is 10.0. The molecule has 0 aromatic carbocycles. The lowest BCUT2D eigenvalue weighted by Gasteiger charge is -2.38. The number of hydrogen-bond acceptors (Lipinski definition) is 6. The highest BCUT2D eigenvalue weighted by Crippen LogP contribution is 2.30. The zero-order valence-electron chi connectivity index (χ0n) is 15.0. The Kier molecular flexibility index (Phi) is 4.90. The molecule has 3 unspecified atom stereocenters. The quantitative estimate of drug-likeness (QED) is 0.836. The maximum absolute atomic E-state index is 6.15. The van der Waals surface area contributed by atoms with Gasteiger partial charge in [-0.1, -0.05) is 6.92 Å². The number of nitrogens with zero attached hydrogens (tertiary/aromatic N) is 4. The third-order valence-corrected chi connectivity index (χ3v) is 5.82. The number of aromatic nitrogens is 2. The Hall–Kier alpha value is -1.66. The molecule has 25 heavy (non-hydrogen) atoms. The van der Waals surface area contributed by atoms with Gasteiger partial charge in [-0.2, -0.15) is 11.3 Å². The van der Waals surface area contributed by atoms with Crippen molar-refractivity contribution in [2.24, 2.45) is 5.92 Å². The van der Waals surface area contributed by atoms with Crippen LogP contribution in [0.5, 0.6) is 0 Å². The van der Waals surface area contributed by atoms with Gasteiger partial charge in [0.25, 0.3) is 0 Å². The van der Waals surface area contributed by atoms with E-state index in [1.165, 1.54) is 18.4 Å². The number of piperidine rings is 1. The van der Waals surface area contributed by atoms with Gasteiger partial charge in [0.05, 0.1) is 6.10 Å². The van der Waals surface area contributed by atoms with E-state index in [1.807, 2.05) is 0 Å². The van der Waals surface area contributed by atoms with Gasteiger partial charge in [0.1, 0.15) is 24.1 Å². The van der Waals surface area contributed by atoms with Crippen molar-refractivity contribution >= 4 is 23.0 Å².